The highest BCUT2D eigenvalue weighted by molar-refractivity contribution is 9.09. The van der Waals surface area contributed by atoms with E-state index >= 15 is 0 Å². The molecule has 0 spiro atoms. The van der Waals surface area contributed by atoms with Gasteiger partial charge in [0.05, 0.1) is 0 Å². The minimum absolute atomic E-state index is 0.738. The first-order chi connectivity index (χ1) is 10.8. The van der Waals surface area contributed by atoms with Crippen LogP contribution in [0.1, 0.15) is 56.1 Å². The SMILES string of the molecule is CCCc1cc(C2CCC(Br)CC2)ccc1-c1ccccc1. The lowest BCUT2D eigenvalue weighted by atomic mass is 9.82. The number of hydrogen-bond acceptors (Lipinski definition) is 0. The summed E-state index contributed by atoms with van der Waals surface area (Å²) in [5.41, 5.74) is 5.84. The van der Waals surface area contributed by atoms with E-state index in [2.05, 4.69) is 71.4 Å². The number of rotatable bonds is 4. The minimum Gasteiger partial charge on any atom is -0.0891 e. The molecule has 2 aromatic carbocycles. The van der Waals surface area contributed by atoms with Crippen LogP contribution in [0.3, 0.4) is 0 Å². The van der Waals surface area contributed by atoms with Crippen LogP contribution in [-0.2, 0) is 6.42 Å². The second-order valence-corrected chi connectivity index (χ2v) is 7.78. The molecule has 0 radical (unpaired) electrons. The Labute approximate surface area is 143 Å². The van der Waals surface area contributed by atoms with Crippen LogP contribution < -0.4 is 0 Å². The molecule has 0 unspecified atom stereocenters. The molecule has 0 aromatic heterocycles. The largest absolute Gasteiger partial charge is 0.0891 e. The van der Waals surface area contributed by atoms with Gasteiger partial charge in [-0.15, -0.1) is 0 Å². The molecule has 3 rings (SSSR count). The van der Waals surface area contributed by atoms with Gasteiger partial charge in [-0.25, -0.2) is 0 Å². The maximum atomic E-state index is 3.77. The average Bonchev–Trinajstić information content (AvgIpc) is 2.57. The normalized spacial score (nSPS) is 21.7. The molecule has 1 heteroatoms. The Morgan fingerprint density at radius 3 is 2.36 bits per heavy atom. The molecule has 0 heterocycles. The number of benzene rings is 2. The monoisotopic (exact) mass is 356 g/mol. The quantitative estimate of drug-likeness (QED) is 0.532. The Kier molecular flexibility index (Phi) is 5.36. The van der Waals surface area contributed by atoms with Crippen molar-refractivity contribution >= 4 is 15.9 Å². The fourth-order valence-electron chi connectivity index (χ4n) is 3.63. The fraction of sp³-hybridized carbons (Fsp3) is 0.429. The van der Waals surface area contributed by atoms with E-state index in [1.807, 2.05) is 0 Å². The summed E-state index contributed by atoms with van der Waals surface area (Å²) in [6.45, 7) is 2.28. The Hall–Kier alpha value is -1.08. The molecule has 22 heavy (non-hydrogen) atoms. The molecule has 0 bridgehead atoms. The minimum atomic E-state index is 0.738. The number of hydrogen-bond donors (Lipinski definition) is 0. The van der Waals surface area contributed by atoms with E-state index < -0.39 is 0 Å². The molecule has 0 nitrogen and oxygen atoms in total. The number of halogens is 1. The van der Waals surface area contributed by atoms with Gasteiger partial charge in [0, 0.05) is 4.83 Å². The van der Waals surface area contributed by atoms with Gasteiger partial charge in [0.25, 0.3) is 0 Å². The Morgan fingerprint density at radius 1 is 0.955 bits per heavy atom. The summed E-state index contributed by atoms with van der Waals surface area (Å²) in [4.78, 5) is 0.738. The van der Waals surface area contributed by atoms with Gasteiger partial charge in [0.15, 0.2) is 0 Å². The van der Waals surface area contributed by atoms with Gasteiger partial charge in [-0.2, -0.15) is 0 Å². The molecule has 0 atom stereocenters. The average molecular weight is 357 g/mol. The molecule has 0 N–H and O–H groups in total. The highest BCUT2D eigenvalue weighted by Crippen LogP contribution is 2.37. The first-order valence-corrected chi connectivity index (χ1v) is 9.51. The lowest BCUT2D eigenvalue weighted by Gasteiger charge is -2.26. The van der Waals surface area contributed by atoms with Crippen LogP contribution in [0, 0.1) is 0 Å². The Bertz CT molecular complexity index is 595. The van der Waals surface area contributed by atoms with E-state index in [-0.39, 0.29) is 0 Å². The van der Waals surface area contributed by atoms with E-state index in [0.717, 1.165) is 10.7 Å². The van der Waals surface area contributed by atoms with Crippen molar-refractivity contribution in [2.75, 3.05) is 0 Å². The third-order valence-corrected chi connectivity index (χ3v) is 5.78. The van der Waals surface area contributed by atoms with Crippen molar-refractivity contribution in [2.45, 2.75) is 56.2 Å². The summed E-state index contributed by atoms with van der Waals surface area (Å²) in [6.07, 6.45) is 7.66. The molecule has 0 amide bonds. The summed E-state index contributed by atoms with van der Waals surface area (Å²) >= 11 is 3.77. The molecular weight excluding hydrogens is 332 g/mol. The van der Waals surface area contributed by atoms with Crippen LogP contribution in [0.2, 0.25) is 0 Å². The maximum absolute atomic E-state index is 3.77. The fourth-order valence-corrected chi connectivity index (χ4v) is 4.16. The van der Waals surface area contributed by atoms with Crippen molar-refractivity contribution in [1.29, 1.82) is 0 Å². The van der Waals surface area contributed by atoms with Crippen LogP contribution in [0.25, 0.3) is 11.1 Å². The van der Waals surface area contributed by atoms with E-state index in [9.17, 15) is 0 Å². The van der Waals surface area contributed by atoms with Crippen molar-refractivity contribution < 1.29 is 0 Å². The van der Waals surface area contributed by atoms with E-state index in [4.69, 9.17) is 0 Å². The molecule has 1 fully saturated rings. The third kappa shape index (κ3) is 3.63. The third-order valence-electron chi connectivity index (χ3n) is 4.86. The highest BCUT2D eigenvalue weighted by Gasteiger charge is 2.21. The van der Waals surface area contributed by atoms with Crippen LogP contribution in [0.4, 0.5) is 0 Å². The van der Waals surface area contributed by atoms with Gasteiger partial charge in [-0.3, -0.25) is 0 Å². The topological polar surface area (TPSA) is 0 Å². The Balaban J connectivity index is 1.90. The smallest absolute Gasteiger partial charge is 0.0146 e. The summed E-state index contributed by atoms with van der Waals surface area (Å²) in [5, 5.41) is 0. The van der Waals surface area contributed by atoms with Crippen molar-refractivity contribution in [1.82, 2.24) is 0 Å². The van der Waals surface area contributed by atoms with Gasteiger partial charge >= 0.3 is 0 Å². The molecule has 116 valence electrons. The zero-order chi connectivity index (χ0) is 15.4. The van der Waals surface area contributed by atoms with Crippen LogP contribution in [-0.4, -0.2) is 4.83 Å². The zero-order valence-corrected chi connectivity index (χ0v) is 15.0. The summed E-state index contributed by atoms with van der Waals surface area (Å²) in [6, 6.07) is 18.0. The second-order valence-electron chi connectivity index (χ2n) is 6.48. The summed E-state index contributed by atoms with van der Waals surface area (Å²) in [7, 11) is 0. The van der Waals surface area contributed by atoms with Gasteiger partial charge in [-0.05, 0) is 60.3 Å². The first kappa shape index (κ1) is 15.8. The Morgan fingerprint density at radius 2 is 1.68 bits per heavy atom. The predicted octanol–water partition coefficient (Wildman–Crippen LogP) is 6.73. The van der Waals surface area contributed by atoms with E-state index in [0.29, 0.717) is 0 Å². The molecule has 0 saturated heterocycles. The first-order valence-electron chi connectivity index (χ1n) is 8.60. The predicted molar refractivity (Wildman–Crippen MR) is 99.8 cm³/mol. The van der Waals surface area contributed by atoms with Gasteiger partial charge in [0.1, 0.15) is 0 Å². The molecular formula is C21H25Br. The maximum Gasteiger partial charge on any atom is 0.0146 e. The van der Waals surface area contributed by atoms with Crippen molar-refractivity contribution in [3.05, 3.63) is 59.7 Å². The number of alkyl halides is 1. The molecule has 1 saturated carbocycles. The summed E-state index contributed by atoms with van der Waals surface area (Å²) < 4.78 is 0. The summed E-state index contributed by atoms with van der Waals surface area (Å²) in [5.74, 6) is 0.759. The zero-order valence-electron chi connectivity index (χ0n) is 13.4. The molecule has 2 aromatic rings. The molecule has 1 aliphatic rings. The lowest BCUT2D eigenvalue weighted by Crippen LogP contribution is -2.12. The van der Waals surface area contributed by atoms with Crippen LogP contribution in [0.15, 0.2) is 48.5 Å². The van der Waals surface area contributed by atoms with E-state index in [1.54, 1.807) is 5.56 Å². The van der Waals surface area contributed by atoms with Crippen LogP contribution >= 0.6 is 15.9 Å². The van der Waals surface area contributed by atoms with Gasteiger partial charge in [0.2, 0.25) is 0 Å². The van der Waals surface area contributed by atoms with Gasteiger partial charge in [-0.1, -0.05) is 77.8 Å². The lowest BCUT2D eigenvalue weighted by molar-refractivity contribution is 0.457. The van der Waals surface area contributed by atoms with Crippen LogP contribution in [0.5, 0.6) is 0 Å². The standard InChI is InChI=1S/C21H25Br/c1-2-6-19-15-18(16-9-12-20(22)13-10-16)11-14-21(19)17-7-4-3-5-8-17/h3-5,7-8,11,14-16,20H,2,6,9-10,12-13H2,1H3. The van der Waals surface area contributed by atoms with Gasteiger partial charge < -0.3 is 0 Å². The van der Waals surface area contributed by atoms with Crippen molar-refractivity contribution in [3.63, 3.8) is 0 Å². The van der Waals surface area contributed by atoms with E-state index in [1.165, 1.54) is 55.2 Å². The second kappa shape index (κ2) is 7.46. The molecule has 0 aliphatic heterocycles. The highest BCUT2D eigenvalue weighted by atomic mass is 79.9. The van der Waals surface area contributed by atoms with Crippen molar-refractivity contribution in [2.24, 2.45) is 0 Å². The molecule has 1 aliphatic carbocycles. The van der Waals surface area contributed by atoms with Crippen molar-refractivity contribution in [3.8, 4) is 11.1 Å². The number of aryl methyl sites for hydroxylation is 1.